The summed E-state index contributed by atoms with van der Waals surface area (Å²) in [6, 6.07) is 20.1. The van der Waals surface area contributed by atoms with Crippen molar-refractivity contribution < 1.29 is 9.94 Å². The Hall–Kier alpha value is -2.81. The molecule has 0 aliphatic heterocycles. The van der Waals surface area contributed by atoms with Crippen LogP contribution in [0.5, 0.6) is 5.75 Å². The van der Waals surface area contributed by atoms with E-state index < -0.39 is 0 Å². The van der Waals surface area contributed by atoms with Crippen molar-refractivity contribution in [1.29, 1.82) is 0 Å². The van der Waals surface area contributed by atoms with E-state index >= 15 is 0 Å². The molecule has 0 fully saturated rings. The molecule has 3 aromatic rings. The van der Waals surface area contributed by atoms with E-state index in [1.54, 1.807) is 0 Å². The first kappa shape index (κ1) is 14.1. The van der Waals surface area contributed by atoms with Crippen LogP contribution in [-0.2, 0) is 6.61 Å². The van der Waals surface area contributed by atoms with Gasteiger partial charge in [-0.15, -0.1) is 0 Å². The Morgan fingerprint density at radius 1 is 1.05 bits per heavy atom. The molecule has 0 aliphatic rings. The summed E-state index contributed by atoms with van der Waals surface area (Å²) in [5.41, 5.74) is 3.10. The number of nitrogens with zero attached hydrogens (tertiary/aromatic N) is 1. The fourth-order valence-electron chi connectivity index (χ4n) is 2.56. The lowest BCUT2D eigenvalue weighted by molar-refractivity contribution is 0.304. The average Bonchev–Trinajstić information content (AvgIpc) is 2.54. The smallest absolute Gasteiger partial charge is 0.129 e. The van der Waals surface area contributed by atoms with Crippen LogP contribution in [0.15, 0.2) is 65.8 Å². The molecule has 3 aromatic carbocycles. The highest BCUT2D eigenvalue weighted by Gasteiger charge is 2.07. The molecule has 0 radical (unpaired) electrons. The zero-order chi connectivity index (χ0) is 15.4. The molecule has 3 rings (SSSR count). The number of ether oxygens (including phenoxy) is 1. The Morgan fingerprint density at radius 3 is 2.73 bits per heavy atom. The molecule has 1 N–H and O–H groups in total. The predicted octanol–water partition coefficient (Wildman–Crippen LogP) is 4.54. The zero-order valence-corrected chi connectivity index (χ0v) is 12.4. The van der Waals surface area contributed by atoms with E-state index in [0.29, 0.717) is 12.4 Å². The second-order valence-corrected chi connectivity index (χ2v) is 5.22. The van der Waals surface area contributed by atoms with E-state index in [9.17, 15) is 0 Å². The number of hydrogen-bond acceptors (Lipinski definition) is 3. The van der Waals surface area contributed by atoms with Crippen molar-refractivity contribution in [1.82, 2.24) is 0 Å². The third-order valence-electron chi connectivity index (χ3n) is 3.59. The molecule has 3 nitrogen and oxygen atoms in total. The van der Waals surface area contributed by atoms with Gasteiger partial charge in [-0.05, 0) is 29.3 Å². The van der Waals surface area contributed by atoms with Crippen LogP contribution in [0.3, 0.4) is 0 Å². The lowest BCUT2D eigenvalue weighted by Gasteiger charge is -2.12. The van der Waals surface area contributed by atoms with Crippen LogP contribution in [0.4, 0.5) is 0 Å². The number of fused-ring (bicyclic) bond motifs is 1. The molecule has 0 saturated carbocycles. The predicted molar refractivity (Wildman–Crippen MR) is 88.8 cm³/mol. The van der Waals surface area contributed by atoms with Gasteiger partial charge in [0.15, 0.2) is 0 Å². The quantitative estimate of drug-likeness (QED) is 0.436. The summed E-state index contributed by atoms with van der Waals surface area (Å²) in [5.74, 6) is 0.706. The van der Waals surface area contributed by atoms with E-state index in [0.717, 1.165) is 21.9 Å². The van der Waals surface area contributed by atoms with E-state index in [1.807, 2.05) is 48.5 Å². The first-order valence-corrected chi connectivity index (χ1v) is 7.15. The van der Waals surface area contributed by atoms with Crippen LogP contribution in [0.1, 0.15) is 16.7 Å². The maximum absolute atomic E-state index is 8.94. The summed E-state index contributed by atoms with van der Waals surface area (Å²) in [4.78, 5) is 0. The Morgan fingerprint density at radius 2 is 1.91 bits per heavy atom. The van der Waals surface area contributed by atoms with Crippen LogP contribution in [0, 0.1) is 6.92 Å². The SMILES string of the molecule is Cc1cccc(COc2ccc3ccccc3c2/C=N/O)c1. The van der Waals surface area contributed by atoms with Crippen molar-refractivity contribution in [2.24, 2.45) is 5.16 Å². The maximum atomic E-state index is 8.94. The van der Waals surface area contributed by atoms with Gasteiger partial charge in [0, 0.05) is 5.56 Å². The molecule has 0 aliphatic carbocycles. The van der Waals surface area contributed by atoms with Gasteiger partial charge in [-0.25, -0.2) is 0 Å². The molecule has 22 heavy (non-hydrogen) atoms. The highest BCUT2D eigenvalue weighted by atomic mass is 16.5. The second kappa shape index (κ2) is 6.31. The van der Waals surface area contributed by atoms with Gasteiger partial charge >= 0.3 is 0 Å². The molecule has 0 heterocycles. The summed E-state index contributed by atoms with van der Waals surface area (Å²) in [7, 11) is 0. The monoisotopic (exact) mass is 291 g/mol. The van der Waals surface area contributed by atoms with Gasteiger partial charge in [-0.2, -0.15) is 0 Å². The molecule has 0 atom stereocenters. The third kappa shape index (κ3) is 2.93. The summed E-state index contributed by atoms with van der Waals surface area (Å²) in [6.45, 7) is 2.54. The fraction of sp³-hybridized carbons (Fsp3) is 0.105. The van der Waals surface area contributed by atoms with Gasteiger partial charge in [-0.1, -0.05) is 65.3 Å². The lowest BCUT2D eigenvalue weighted by atomic mass is 10.0. The number of rotatable bonds is 4. The molecule has 0 bridgehead atoms. The van der Waals surface area contributed by atoms with Gasteiger partial charge < -0.3 is 9.94 Å². The van der Waals surface area contributed by atoms with E-state index in [2.05, 4.69) is 24.2 Å². The first-order chi connectivity index (χ1) is 10.8. The largest absolute Gasteiger partial charge is 0.488 e. The van der Waals surface area contributed by atoms with Crippen LogP contribution < -0.4 is 4.74 Å². The second-order valence-electron chi connectivity index (χ2n) is 5.22. The number of benzene rings is 3. The zero-order valence-electron chi connectivity index (χ0n) is 12.4. The molecule has 0 aromatic heterocycles. The normalized spacial score (nSPS) is 11.1. The highest BCUT2D eigenvalue weighted by Crippen LogP contribution is 2.27. The van der Waals surface area contributed by atoms with Crippen molar-refractivity contribution >= 4 is 17.0 Å². The minimum Gasteiger partial charge on any atom is -0.488 e. The van der Waals surface area contributed by atoms with Crippen LogP contribution in [-0.4, -0.2) is 11.4 Å². The van der Waals surface area contributed by atoms with E-state index in [-0.39, 0.29) is 0 Å². The Bertz CT molecular complexity index is 825. The molecule has 0 unspecified atom stereocenters. The molecule has 0 amide bonds. The summed E-state index contributed by atoms with van der Waals surface area (Å²) >= 11 is 0. The topological polar surface area (TPSA) is 41.8 Å². The Balaban J connectivity index is 1.94. The van der Waals surface area contributed by atoms with Crippen molar-refractivity contribution in [3.8, 4) is 5.75 Å². The number of hydrogen-bond donors (Lipinski definition) is 1. The fourth-order valence-corrected chi connectivity index (χ4v) is 2.56. The van der Waals surface area contributed by atoms with Gasteiger partial charge in [0.1, 0.15) is 12.4 Å². The van der Waals surface area contributed by atoms with Crippen LogP contribution in [0.2, 0.25) is 0 Å². The molecule has 0 saturated heterocycles. The van der Waals surface area contributed by atoms with Gasteiger partial charge in [0.05, 0.1) is 6.21 Å². The minimum atomic E-state index is 0.478. The molecule has 3 heteroatoms. The van der Waals surface area contributed by atoms with Gasteiger partial charge in [0.2, 0.25) is 0 Å². The molecular formula is C19H17NO2. The Labute approximate surface area is 129 Å². The van der Waals surface area contributed by atoms with Crippen molar-refractivity contribution in [2.75, 3.05) is 0 Å². The molecule has 110 valence electrons. The van der Waals surface area contributed by atoms with Crippen molar-refractivity contribution in [2.45, 2.75) is 13.5 Å². The summed E-state index contributed by atoms with van der Waals surface area (Å²) < 4.78 is 5.94. The summed E-state index contributed by atoms with van der Waals surface area (Å²) in [6.07, 6.45) is 1.42. The van der Waals surface area contributed by atoms with E-state index in [4.69, 9.17) is 9.94 Å². The number of aryl methyl sites for hydroxylation is 1. The summed E-state index contributed by atoms with van der Waals surface area (Å²) in [5, 5.41) is 14.2. The minimum absolute atomic E-state index is 0.478. The average molecular weight is 291 g/mol. The highest BCUT2D eigenvalue weighted by molar-refractivity contribution is 6.02. The van der Waals surface area contributed by atoms with Gasteiger partial charge in [-0.3, -0.25) is 0 Å². The number of oxime groups is 1. The standard InChI is InChI=1S/C19H17NO2/c1-14-5-4-6-15(11-14)13-22-19-10-9-16-7-2-3-8-17(16)18(19)12-20-21/h2-12,21H,13H2,1H3/b20-12+. The van der Waals surface area contributed by atoms with Crippen molar-refractivity contribution in [3.63, 3.8) is 0 Å². The lowest BCUT2D eigenvalue weighted by Crippen LogP contribution is -1.99. The van der Waals surface area contributed by atoms with Crippen LogP contribution >= 0.6 is 0 Å². The Kier molecular flexibility index (Phi) is 4.05. The van der Waals surface area contributed by atoms with Crippen LogP contribution in [0.25, 0.3) is 10.8 Å². The third-order valence-corrected chi connectivity index (χ3v) is 3.59. The van der Waals surface area contributed by atoms with Crippen molar-refractivity contribution in [3.05, 3.63) is 77.4 Å². The van der Waals surface area contributed by atoms with Gasteiger partial charge in [0.25, 0.3) is 0 Å². The molecular weight excluding hydrogens is 274 g/mol. The maximum Gasteiger partial charge on any atom is 0.129 e. The first-order valence-electron chi connectivity index (χ1n) is 7.15. The molecule has 0 spiro atoms. The van der Waals surface area contributed by atoms with E-state index in [1.165, 1.54) is 11.8 Å².